The van der Waals surface area contributed by atoms with Crippen LogP contribution in [-0.2, 0) is 6.54 Å². The van der Waals surface area contributed by atoms with Gasteiger partial charge in [-0.05, 0) is 31.9 Å². The van der Waals surface area contributed by atoms with Crippen molar-refractivity contribution in [3.63, 3.8) is 0 Å². The highest BCUT2D eigenvalue weighted by atomic mass is 16.1. The Balaban J connectivity index is 1.59. The molecule has 22 heavy (non-hydrogen) atoms. The van der Waals surface area contributed by atoms with Crippen molar-refractivity contribution in [3.05, 3.63) is 53.9 Å². The molecule has 2 aromatic rings. The summed E-state index contributed by atoms with van der Waals surface area (Å²) in [5.74, 6) is -0.0292. The number of amides is 1. The zero-order valence-corrected chi connectivity index (χ0v) is 12.8. The molecule has 1 amide bonds. The van der Waals surface area contributed by atoms with E-state index < -0.39 is 0 Å². The number of rotatable bonds is 4. The standard InChI is InChI=1S/C17H22N4O/c1-13-9-16(7-8-18-13)20-17(22)15-10-19-21(12-15)11-14-5-3-2-4-6-14/h2-6,10,12-13,16,18H,7-9,11H2,1H3,(H,20,22). The van der Waals surface area contributed by atoms with Gasteiger partial charge in [0.2, 0.25) is 0 Å². The predicted octanol–water partition coefficient (Wildman–Crippen LogP) is 1.80. The van der Waals surface area contributed by atoms with Crippen LogP contribution in [-0.4, -0.2) is 34.3 Å². The summed E-state index contributed by atoms with van der Waals surface area (Å²) >= 11 is 0. The highest BCUT2D eigenvalue weighted by molar-refractivity contribution is 5.93. The normalized spacial score (nSPS) is 21.5. The molecule has 116 valence electrons. The summed E-state index contributed by atoms with van der Waals surface area (Å²) < 4.78 is 1.80. The summed E-state index contributed by atoms with van der Waals surface area (Å²) in [7, 11) is 0. The number of hydrogen-bond acceptors (Lipinski definition) is 3. The van der Waals surface area contributed by atoms with Gasteiger partial charge in [-0.2, -0.15) is 5.10 Å². The number of aromatic nitrogens is 2. The van der Waals surface area contributed by atoms with Crippen molar-refractivity contribution in [1.82, 2.24) is 20.4 Å². The first-order valence-electron chi connectivity index (χ1n) is 7.81. The molecule has 1 saturated heterocycles. The molecule has 1 aliphatic rings. The number of carbonyl (C=O) groups excluding carboxylic acids is 1. The molecule has 5 nitrogen and oxygen atoms in total. The van der Waals surface area contributed by atoms with E-state index in [4.69, 9.17) is 0 Å². The molecule has 2 unspecified atom stereocenters. The van der Waals surface area contributed by atoms with E-state index in [9.17, 15) is 4.79 Å². The van der Waals surface area contributed by atoms with E-state index in [1.165, 1.54) is 5.56 Å². The van der Waals surface area contributed by atoms with Crippen LogP contribution in [0.5, 0.6) is 0 Å². The molecule has 3 rings (SSSR count). The topological polar surface area (TPSA) is 59.0 Å². The highest BCUT2D eigenvalue weighted by Gasteiger charge is 2.21. The molecule has 0 radical (unpaired) electrons. The van der Waals surface area contributed by atoms with Gasteiger partial charge in [-0.25, -0.2) is 0 Å². The zero-order valence-electron chi connectivity index (χ0n) is 12.8. The lowest BCUT2D eigenvalue weighted by Crippen LogP contribution is -2.46. The Morgan fingerprint density at radius 3 is 3.00 bits per heavy atom. The van der Waals surface area contributed by atoms with Crippen molar-refractivity contribution < 1.29 is 4.79 Å². The lowest BCUT2D eigenvalue weighted by atomic mass is 10.0. The van der Waals surface area contributed by atoms with E-state index in [1.807, 2.05) is 24.4 Å². The largest absolute Gasteiger partial charge is 0.349 e. The fourth-order valence-corrected chi connectivity index (χ4v) is 2.87. The second-order valence-electron chi connectivity index (χ2n) is 5.96. The van der Waals surface area contributed by atoms with Crippen LogP contribution in [0.2, 0.25) is 0 Å². The number of piperidine rings is 1. The summed E-state index contributed by atoms with van der Waals surface area (Å²) in [6, 6.07) is 10.8. The summed E-state index contributed by atoms with van der Waals surface area (Å²) in [5, 5.41) is 10.8. The first kappa shape index (κ1) is 14.8. The number of benzene rings is 1. The number of nitrogens with zero attached hydrogens (tertiary/aromatic N) is 2. The lowest BCUT2D eigenvalue weighted by molar-refractivity contribution is 0.0925. The minimum Gasteiger partial charge on any atom is -0.349 e. The van der Waals surface area contributed by atoms with E-state index >= 15 is 0 Å². The third kappa shape index (κ3) is 3.74. The van der Waals surface area contributed by atoms with E-state index in [2.05, 4.69) is 34.8 Å². The van der Waals surface area contributed by atoms with E-state index in [0.717, 1.165) is 19.4 Å². The summed E-state index contributed by atoms with van der Waals surface area (Å²) in [6.45, 7) is 3.79. The molecule has 2 atom stereocenters. The molecule has 1 aliphatic heterocycles. The van der Waals surface area contributed by atoms with Gasteiger partial charge in [-0.3, -0.25) is 9.48 Å². The SMILES string of the molecule is CC1CC(NC(=O)c2cnn(Cc3ccccc3)c2)CCN1. The second kappa shape index (κ2) is 6.75. The average molecular weight is 298 g/mol. The molecule has 5 heteroatoms. The van der Waals surface area contributed by atoms with Gasteiger partial charge in [0.15, 0.2) is 0 Å². The van der Waals surface area contributed by atoms with Crippen LogP contribution in [0.3, 0.4) is 0 Å². The predicted molar refractivity (Wildman–Crippen MR) is 85.7 cm³/mol. The Labute approximate surface area is 130 Å². The fraction of sp³-hybridized carbons (Fsp3) is 0.412. The highest BCUT2D eigenvalue weighted by Crippen LogP contribution is 2.10. The first-order valence-corrected chi connectivity index (χ1v) is 7.81. The van der Waals surface area contributed by atoms with Crippen molar-refractivity contribution in [2.24, 2.45) is 0 Å². The Hall–Kier alpha value is -2.14. The van der Waals surface area contributed by atoms with Gasteiger partial charge >= 0.3 is 0 Å². The molecule has 1 aromatic heterocycles. The van der Waals surface area contributed by atoms with Crippen LogP contribution in [0.15, 0.2) is 42.7 Å². The van der Waals surface area contributed by atoms with Crippen LogP contribution < -0.4 is 10.6 Å². The van der Waals surface area contributed by atoms with Crippen molar-refractivity contribution in [2.45, 2.75) is 38.4 Å². The van der Waals surface area contributed by atoms with Gasteiger partial charge in [-0.15, -0.1) is 0 Å². The minimum atomic E-state index is -0.0292. The molecule has 0 saturated carbocycles. The van der Waals surface area contributed by atoms with Crippen molar-refractivity contribution in [1.29, 1.82) is 0 Å². The van der Waals surface area contributed by atoms with Crippen LogP contribution in [0.4, 0.5) is 0 Å². The Bertz CT molecular complexity index is 623. The van der Waals surface area contributed by atoms with Crippen molar-refractivity contribution >= 4 is 5.91 Å². The third-order valence-corrected chi connectivity index (χ3v) is 4.04. The minimum absolute atomic E-state index is 0.0292. The van der Waals surface area contributed by atoms with E-state index in [0.29, 0.717) is 18.2 Å². The zero-order chi connectivity index (χ0) is 15.4. The van der Waals surface area contributed by atoms with Gasteiger partial charge in [0, 0.05) is 18.3 Å². The maximum absolute atomic E-state index is 12.3. The maximum atomic E-state index is 12.3. The molecule has 0 aliphatic carbocycles. The van der Waals surface area contributed by atoms with Gasteiger partial charge in [0.25, 0.3) is 5.91 Å². The summed E-state index contributed by atoms with van der Waals surface area (Å²) in [4.78, 5) is 12.3. The fourth-order valence-electron chi connectivity index (χ4n) is 2.87. The average Bonchev–Trinajstić information content (AvgIpc) is 2.97. The number of carbonyl (C=O) groups is 1. The smallest absolute Gasteiger partial charge is 0.254 e. The van der Waals surface area contributed by atoms with Gasteiger partial charge < -0.3 is 10.6 Å². The van der Waals surface area contributed by atoms with Crippen molar-refractivity contribution in [3.8, 4) is 0 Å². The third-order valence-electron chi connectivity index (χ3n) is 4.04. The van der Waals surface area contributed by atoms with Crippen LogP contribution in [0.1, 0.15) is 35.7 Å². The maximum Gasteiger partial charge on any atom is 0.254 e. The molecule has 2 heterocycles. The first-order chi connectivity index (χ1) is 10.7. The van der Waals surface area contributed by atoms with Gasteiger partial charge in [0.1, 0.15) is 0 Å². The van der Waals surface area contributed by atoms with Gasteiger partial charge in [-0.1, -0.05) is 30.3 Å². The van der Waals surface area contributed by atoms with E-state index in [-0.39, 0.29) is 11.9 Å². The monoisotopic (exact) mass is 298 g/mol. The molecular weight excluding hydrogens is 276 g/mol. The van der Waals surface area contributed by atoms with Crippen LogP contribution >= 0.6 is 0 Å². The van der Waals surface area contributed by atoms with Crippen molar-refractivity contribution in [2.75, 3.05) is 6.54 Å². The summed E-state index contributed by atoms with van der Waals surface area (Å²) in [6.07, 6.45) is 5.41. The molecule has 1 aromatic carbocycles. The molecule has 1 fully saturated rings. The van der Waals surface area contributed by atoms with Gasteiger partial charge in [0.05, 0.1) is 18.3 Å². The lowest BCUT2D eigenvalue weighted by Gasteiger charge is -2.28. The Kier molecular flexibility index (Phi) is 4.53. The number of nitrogens with one attached hydrogen (secondary N) is 2. The molecule has 0 spiro atoms. The van der Waals surface area contributed by atoms with Crippen LogP contribution in [0.25, 0.3) is 0 Å². The molecule has 0 bridgehead atoms. The van der Waals surface area contributed by atoms with E-state index in [1.54, 1.807) is 10.9 Å². The molecular formula is C17H22N4O. The Morgan fingerprint density at radius 1 is 1.41 bits per heavy atom. The van der Waals surface area contributed by atoms with Crippen LogP contribution in [0, 0.1) is 0 Å². The summed E-state index contributed by atoms with van der Waals surface area (Å²) in [5.41, 5.74) is 1.80. The molecule has 2 N–H and O–H groups in total. The quantitative estimate of drug-likeness (QED) is 0.905. The second-order valence-corrected chi connectivity index (χ2v) is 5.96. The number of hydrogen-bond donors (Lipinski definition) is 2. The Morgan fingerprint density at radius 2 is 2.23 bits per heavy atom.